The molecule has 1 saturated heterocycles. The quantitative estimate of drug-likeness (QED) is 0.843. The van der Waals surface area contributed by atoms with Crippen molar-refractivity contribution < 1.29 is 4.74 Å². The van der Waals surface area contributed by atoms with Crippen molar-refractivity contribution in [1.29, 1.82) is 0 Å². The monoisotopic (exact) mass is 343 g/mol. The molecule has 0 unspecified atom stereocenters. The van der Waals surface area contributed by atoms with Crippen LogP contribution in [0.25, 0.3) is 0 Å². The molecular formula is C19H22ClN3O. The number of rotatable bonds is 3. The van der Waals surface area contributed by atoms with E-state index in [2.05, 4.69) is 33.9 Å². The van der Waals surface area contributed by atoms with E-state index >= 15 is 0 Å². The van der Waals surface area contributed by atoms with Gasteiger partial charge in [-0.05, 0) is 37.4 Å². The van der Waals surface area contributed by atoms with E-state index in [4.69, 9.17) is 16.3 Å². The summed E-state index contributed by atoms with van der Waals surface area (Å²) in [5, 5.41) is 0.737. The highest BCUT2D eigenvalue weighted by Crippen LogP contribution is 2.47. The molecule has 5 heteroatoms. The van der Waals surface area contributed by atoms with Crippen LogP contribution >= 0.6 is 11.6 Å². The van der Waals surface area contributed by atoms with Crippen molar-refractivity contribution in [3.8, 4) is 11.5 Å². The van der Waals surface area contributed by atoms with Crippen LogP contribution in [0.2, 0.25) is 5.02 Å². The van der Waals surface area contributed by atoms with Gasteiger partial charge >= 0.3 is 0 Å². The largest absolute Gasteiger partial charge is 0.453 e. The van der Waals surface area contributed by atoms with Gasteiger partial charge in [-0.1, -0.05) is 23.7 Å². The fraction of sp³-hybridized carbons (Fsp3) is 0.368. The van der Waals surface area contributed by atoms with Crippen molar-refractivity contribution in [2.75, 3.05) is 51.2 Å². The SMILES string of the molecule is CN1CCN(CCN2c3ccccc3Oc3ccc(Cl)cc32)CC1. The minimum Gasteiger partial charge on any atom is -0.453 e. The molecule has 2 aromatic rings. The first-order chi connectivity index (χ1) is 11.7. The van der Waals surface area contributed by atoms with Crippen LogP contribution in [0.4, 0.5) is 11.4 Å². The summed E-state index contributed by atoms with van der Waals surface area (Å²) in [6.07, 6.45) is 0. The molecule has 0 N–H and O–H groups in total. The number of piperazine rings is 1. The minimum absolute atomic E-state index is 0.737. The van der Waals surface area contributed by atoms with Crippen LogP contribution < -0.4 is 9.64 Å². The third-order valence-electron chi connectivity index (χ3n) is 4.82. The number of ether oxygens (including phenoxy) is 1. The van der Waals surface area contributed by atoms with E-state index in [1.54, 1.807) is 0 Å². The lowest BCUT2D eigenvalue weighted by Crippen LogP contribution is -2.46. The lowest BCUT2D eigenvalue weighted by atomic mass is 10.1. The lowest BCUT2D eigenvalue weighted by molar-refractivity contribution is 0.157. The molecule has 4 rings (SSSR count). The van der Waals surface area contributed by atoms with Gasteiger partial charge in [0.2, 0.25) is 0 Å². The normalized spacial score (nSPS) is 18.0. The Bertz CT molecular complexity index is 728. The molecule has 0 saturated carbocycles. The summed E-state index contributed by atoms with van der Waals surface area (Å²) < 4.78 is 6.05. The topological polar surface area (TPSA) is 19.0 Å². The molecule has 2 aliphatic rings. The first-order valence-electron chi connectivity index (χ1n) is 8.45. The highest BCUT2D eigenvalue weighted by atomic mass is 35.5. The summed E-state index contributed by atoms with van der Waals surface area (Å²) in [7, 11) is 2.19. The number of nitrogens with zero attached hydrogens (tertiary/aromatic N) is 3. The van der Waals surface area contributed by atoms with Crippen molar-refractivity contribution >= 4 is 23.0 Å². The summed E-state index contributed by atoms with van der Waals surface area (Å²) in [6.45, 7) is 6.51. The standard InChI is InChI=1S/C19H22ClN3O/c1-21-8-10-22(11-9-21)12-13-23-16-4-2-3-5-18(16)24-19-7-6-15(20)14-17(19)23/h2-7,14H,8-13H2,1H3. The second-order valence-corrected chi connectivity index (χ2v) is 6.91. The fourth-order valence-corrected chi connectivity index (χ4v) is 3.52. The van der Waals surface area contributed by atoms with E-state index < -0.39 is 0 Å². The molecule has 0 amide bonds. The number of halogens is 1. The molecule has 126 valence electrons. The minimum atomic E-state index is 0.737. The van der Waals surface area contributed by atoms with Crippen molar-refractivity contribution in [1.82, 2.24) is 9.80 Å². The van der Waals surface area contributed by atoms with E-state index in [9.17, 15) is 0 Å². The van der Waals surface area contributed by atoms with Crippen molar-refractivity contribution in [3.63, 3.8) is 0 Å². The number of fused-ring (bicyclic) bond motifs is 2. The average Bonchev–Trinajstić information content (AvgIpc) is 2.60. The Hall–Kier alpha value is -1.75. The summed E-state index contributed by atoms with van der Waals surface area (Å²) in [5.41, 5.74) is 2.16. The van der Waals surface area contributed by atoms with Crippen LogP contribution in [-0.2, 0) is 0 Å². The molecule has 0 radical (unpaired) electrons. The number of anilines is 2. The van der Waals surface area contributed by atoms with Crippen molar-refractivity contribution in [3.05, 3.63) is 47.5 Å². The van der Waals surface area contributed by atoms with Crippen LogP contribution in [0.5, 0.6) is 11.5 Å². The first-order valence-corrected chi connectivity index (χ1v) is 8.83. The predicted octanol–water partition coefficient (Wildman–Crippen LogP) is 3.83. The third-order valence-corrected chi connectivity index (χ3v) is 5.06. The van der Waals surface area contributed by atoms with Gasteiger partial charge in [0.05, 0.1) is 11.4 Å². The smallest absolute Gasteiger partial charge is 0.151 e. The van der Waals surface area contributed by atoms with Crippen LogP contribution in [-0.4, -0.2) is 56.1 Å². The Kier molecular flexibility index (Phi) is 4.35. The zero-order chi connectivity index (χ0) is 16.5. The molecule has 0 atom stereocenters. The summed E-state index contributed by atoms with van der Waals surface area (Å²) >= 11 is 6.24. The highest BCUT2D eigenvalue weighted by molar-refractivity contribution is 6.31. The average molecular weight is 344 g/mol. The molecule has 2 aromatic carbocycles. The molecule has 0 aromatic heterocycles. The zero-order valence-electron chi connectivity index (χ0n) is 13.9. The Morgan fingerprint density at radius 3 is 2.50 bits per heavy atom. The maximum Gasteiger partial charge on any atom is 0.151 e. The third kappa shape index (κ3) is 3.09. The molecule has 24 heavy (non-hydrogen) atoms. The van der Waals surface area contributed by atoms with E-state index in [1.165, 1.54) is 0 Å². The molecule has 1 fully saturated rings. The predicted molar refractivity (Wildman–Crippen MR) is 98.9 cm³/mol. The van der Waals surface area contributed by atoms with Gasteiger partial charge in [0.1, 0.15) is 0 Å². The highest BCUT2D eigenvalue weighted by Gasteiger charge is 2.25. The van der Waals surface area contributed by atoms with Gasteiger partial charge < -0.3 is 14.5 Å². The van der Waals surface area contributed by atoms with E-state index in [0.29, 0.717) is 0 Å². The lowest BCUT2D eigenvalue weighted by Gasteiger charge is -2.36. The summed E-state index contributed by atoms with van der Waals surface area (Å²) in [6, 6.07) is 14.0. The zero-order valence-corrected chi connectivity index (χ0v) is 14.7. The van der Waals surface area contributed by atoms with Gasteiger partial charge in [0.15, 0.2) is 11.5 Å². The van der Waals surface area contributed by atoms with Gasteiger partial charge in [-0.2, -0.15) is 0 Å². The molecular weight excluding hydrogens is 322 g/mol. The molecule has 0 aliphatic carbocycles. The fourth-order valence-electron chi connectivity index (χ4n) is 3.36. The second kappa shape index (κ2) is 6.63. The number of hydrogen-bond acceptors (Lipinski definition) is 4. The Balaban J connectivity index is 1.58. The maximum absolute atomic E-state index is 6.24. The van der Waals surface area contributed by atoms with Gasteiger partial charge in [-0.3, -0.25) is 4.90 Å². The molecule has 2 aliphatic heterocycles. The van der Waals surface area contributed by atoms with Gasteiger partial charge in [-0.25, -0.2) is 0 Å². The maximum atomic E-state index is 6.24. The molecule has 2 heterocycles. The van der Waals surface area contributed by atoms with E-state index in [0.717, 1.165) is 67.2 Å². The van der Waals surface area contributed by atoms with Crippen LogP contribution in [0.3, 0.4) is 0 Å². The van der Waals surface area contributed by atoms with Gasteiger partial charge in [-0.15, -0.1) is 0 Å². The Labute approximate surface area is 148 Å². The second-order valence-electron chi connectivity index (χ2n) is 6.48. The number of benzene rings is 2. The molecule has 4 nitrogen and oxygen atoms in total. The number of hydrogen-bond donors (Lipinski definition) is 0. The molecule has 0 bridgehead atoms. The van der Waals surface area contributed by atoms with E-state index in [1.807, 2.05) is 30.3 Å². The first kappa shape index (κ1) is 15.8. The van der Waals surface area contributed by atoms with Gasteiger partial charge in [0.25, 0.3) is 0 Å². The van der Waals surface area contributed by atoms with Crippen LogP contribution in [0.15, 0.2) is 42.5 Å². The van der Waals surface area contributed by atoms with Crippen LogP contribution in [0.1, 0.15) is 0 Å². The Morgan fingerprint density at radius 2 is 1.67 bits per heavy atom. The number of likely N-dealkylation sites (N-methyl/N-ethyl adjacent to an activating group) is 1. The van der Waals surface area contributed by atoms with Gasteiger partial charge in [0, 0.05) is 44.3 Å². The Morgan fingerprint density at radius 1 is 0.917 bits per heavy atom. The molecule has 0 spiro atoms. The summed E-state index contributed by atoms with van der Waals surface area (Å²) in [5.74, 6) is 1.78. The van der Waals surface area contributed by atoms with Crippen LogP contribution in [0, 0.1) is 0 Å². The van der Waals surface area contributed by atoms with E-state index in [-0.39, 0.29) is 0 Å². The number of para-hydroxylation sites is 2. The van der Waals surface area contributed by atoms with Crippen molar-refractivity contribution in [2.24, 2.45) is 0 Å². The summed E-state index contributed by atoms with van der Waals surface area (Å²) in [4.78, 5) is 7.25. The van der Waals surface area contributed by atoms with Crippen molar-refractivity contribution in [2.45, 2.75) is 0 Å².